The molecule has 11 heteroatoms. The second-order valence-electron chi connectivity index (χ2n) is 7.61. The van der Waals surface area contributed by atoms with E-state index in [9.17, 15) is 22.4 Å². The molecule has 0 radical (unpaired) electrons. The molecule has 0 fully saturated rings. The van der Waals surface area contributed by atoms with Crippen LogP contribution in [0.2, 0.25) is 0 Å². The molecule has 2 aromatic heterocycles. The Bertz CT molecular complexity index is 1750. The first-order valence-corrected chi connectivity index (χ1v) is 12.8. The summed E-state index contributed by atoms with van der Waals surface area (Å²) in [5.41, 5.74) is 1.09. The molecule has 0 spiro atoms. The topological polar surface area (TPSA) is 118 Å². The van der Waals surface area contributed by atoms with Gasteiger partial charge in [0, 0.05) is 22.0 Å². The zero-order valence-corrected chi connectivity index (χ0v) is 19.9. The molecule has 0 aliphatic heterocycles. The van der Waals surface area contributed by atoms with E-state index in [1.165, 1.54) is 24.3 Å². The van der Waals surface area contributed by atoms with Crippen LogP contribution in [0, 0.1) is 5.82 Å². The minimum absolute atomic E-state index is 0.0919. The highest BCUT2D eigenvalue weighted by Gasteiger charge is 2.16. The minimum atomic E-state index is -3.91. The van der Waals surface area contributed by atoms with Crippen LogP contribution in [0.1, 0.15) is 10.4 Å². The Morgan fingerprint density at radius 3 is 2.44 bits per heavy atom. The lowest BCUT2D eigenvalue weighted by Gasteiger charge is -2.09. The number of fused-ring (bicyclic) bond motifs is 1. The SMILES string of the molecule is O=C(Nc1nc(-c2cc3ccccc3oc2=O)cs1)c1ccc(NS(=O)(=O)c2ccc(F)cc2)cc1. The largest absolute Gasteiger partial charge is 0.422 e. The molecule has 0 saturated carbocycles. The van der Waals surface area contributed by atoms with Crippen LogP contribution in [0.5, 0.6) is 0 Å². The lowest BCUT2D eigenvalue weighted by Crippen LogP contribution is -2.14. The number of halogens is 1. The second-order valence-corrected chi connectivity index (χ2v) is 10.2. The molecule has 0 atom stereocenters. The van der Waals surface area contributed by atoms with Crippen LogP contribution in [0.15, 0.2) is 98.4 Å². The van der Waals surface area contributed by atoms with Crippen molar-refractivity contribution >= 4 is 49.1 Å². The molecule has 2 heterocycles. The predicted molar refractivity (Wildman–Crippen MR) is 135 cm³/mol. The molecular formula is C25H16FN3O5S2. The van der Waals surface area contributed by atoms with Gasteiger partial charge in [-0.1, -0.05) is 18.2 Å². The van der Waals surface area contributed by atoms with E-state index in [2.05, 4.69) is 15.0 Å². The van der Waals surface area contributed by atoms with Gasteiger partial charge < -0.3 is 4.42 Å². The maximum absolute atomic E-state index is 13.1. The number of nitrogens with zero attached hydrogens (tertiary/aromatic N) is 1. The average molecular weight is 522 g/mol. The van der Waals surface area contributed by atoms with Gasteiger partial charge >= 0.3 is 5.63 Å². The smallest absolute Gasteiger partial charge is 0.345 e. The minimum Gasteiger partial charge on any atom is -0.422 e. The molecule has 2 N–H and O–H groups in total. The van der Waals surface area contributed by atoms with E-state index in [1.807, 2.05) is 12.1 Å². The maximum Gasteiger partial charge on any atom is 0.345 e. The summed E-state index contributed by atoms with van der Waals surface area (Å²) in [7, 11) is -3.91. The summed E-state index contributed by atoms with van der Waals surface area (Å²) >= 11 is 1.15. The van der Waals surface area contributed by atoms with Gasteiger partial charge in [0.1, 0.15) is 11.4 Å². The molecule has 0 saturated heterocycles. The van der Waals surface area contributed by atoms with Crippen molar-refractivity contribution in [2.45, 2.75) is 4.90 Å². The fourth-order valence-electron chi connectivity index (χ4n) is 3.38. The number of anilines is 2. The number of para-hydroxylation sites is 1. The van der Waals surface area contributed by atoms with Crippen molar-refractivity contribution in [3.8, 4) is 11.3 Å². The number of hydrogen-bond acceptors (Lipinski definition) is 7. The van der Waals surface area contributed by atoms with E-state index >= 15 is 0 Å². The normalized spacial score (nSPS) is 11.4. The highest BCUT2D eigenvalue weighted by atomic mass is 32.2. The van der Waals surface area contributed by atoms with Crippen molar-refractivity contribution in [3.05, 3.63) is 106 Å². The van der Waals surface area contributed by atoms with Gasteiger partial charge in [0.15, 0.2) is 5.13 Å². The Balaban J connectivity index is 1.29. The van der Waals surface area contributed by atoms with Crippen LogP contribution in [-0.4, -0.2) is 19.3 Å². The summed E-state index contributed by atoms with van der Waals surface area (Å²) in [5.74, 6) is -1.01. The zero-order valence-electron chi connectivity index (χ0n) is 18.3. The lowest BCUT2D eigenvalue weighted by molar-refractivity contribution is 0.102. The van der Waals surface area contributed by atoms with Crippen LogP contribution in [0.4, 0.5) is 15.2 Å². The molecule has 8 nitrogen and oxygen atoms in total. The third-order valence-electron chi connectivity index (χ3n) is 5.17. The zero-order chi connectivity index (χ0) is 25.3. The van der Waals surface area contributed by atoms with Gasteiger partial charge in [-0.05, 0) is 60.7 Å². The van der Waals surface area contributed by atoms with Crippen LogP contribution in [-0.2, 0) is 10.0 Å². The average Bonchev–Trinajstić information content (AvgIpc) is 3.32. The summed E-state index contributed by atoms with van der Waals surface area (Å²) in [6.45, 7) is 0. The number of sulfonamides is 1. The molecule has 0 bridgehead atoms. The number of nitrogens with one attached hydrogen (secondary N) is 2. The van der Waals surface area contributed by atoms with Gasteiger partial charge in [-0.2, -0.15) is 0 Å². The highest BCUT2D eigenvalue weighted by Crippen LogP contribution is 2.26. The first kappa shape index (κ1) is 23.4. The molecule has 3 aromatic carbocycles. The summed E-state index contributed by atoms with van der Waals surface area (Å²) in [5, 5.41) is 5.34. The molecule has 1 amide bonds. The number of benzene rings is 3. The van der Waals surface area contributed by atoms with E-state index in [0.717, 1.165) is 41.0 Å². The van der Waals surface area contributed by atoms with Crippen LogP contribution in [0.3, 0.4) is 0 Å². The lowest BCUT2D eigenvalue weighted by atomic mass is 10.1. The fraction of sp³-hybridized carbons (Fsp3) is 0. The molecular weight excluding hydrogens is 505 g/mol. The molecule has 5 rings (SSSR count). The second kappa shape index (κ2) is 9.36. The fourth-order valence-corrected chi connectivity index (χ4v) is 5.15. The number of carbonyl (C=O) groups excluding carboxylic acids is 1. The molecule has 5 aromatic rings. The van der Waals surface area contributed by atoms with Crippen molar-refractivity contribution in [3.63, 3.8) is 0 Å². The Labute approximate surface area is 208 Å². The number of thiazole rings is 1. The van der Waals surface area contributed by atoms with E-state index in [4.69, 9.17) is 4.42 Å². The Morgan fingerprint density at radius 1 is 0.972 bits per heavy atom. The van der Waals surface area contributed by atoms with Gasteiger partial charge in [0.2, 0.25) is 0 Å². The van der Waals surface area contributed by atoms with Gasteiger partial charge in [0.25, 0.3) is 15.9 Å². The molecule has 0 unspecified atom stereocenters. The van der Waals surface area contributed by atoms with Crippen LogP contribution < -0.4 is 15.7 Å². The molecule has 180 valence electrons. The van der Waals surface area contributed by atoms with Gasteiger partial charge in [-0.15, -0.1) is 11.3 Å². The Morgan fingerprint density at radius 2 is 1.69 bits per heavy atom. The summed E-state index contributed by atoms with van der Waals surface area (Å²) in [6, 6.07) is 19.0. The molecule has 36 heavy (non-hydrogen) atoms. The van der Waals surface area contributed by atoms with E-state index in [1.54, 1.807) is 23.6 Å². The third-order valence-corrected chi connectivity index (χ3v) is 7.32. The highest BCUT2D eigenvalue weighted by molar-refractivity contribution is 7.92. The molecule has 0 aliphatic rings. The number of amides is 1. The van der Waals surface area contributed by atoms with E-state index in [-0.39, 0.29) is 26.8 Å². The number of aromatic nitrogens is 1. The van der Waals surface area contributed by atoms with Gasteiger partial charge in [-0.3, -0.25) is 14.8 Å². The quantitative estimate of drug-likeness (QED) is 0.300. The Kier molecular flexibility index (Phi) is 6.08. The number of rotatable bonds is 6. The van der Waals surface area contributed by atoms with Crippen molar-refractivity contribution in [2.75, 3.05) is 10.0 Å². The van der Waals surface area contributed by atoms with Crippen molar-refractivity contribution in [1.82, 2.24) is 4.98 Å². The summed E-state index contributed by atoms with van der Waals surface area (Å²) in [6.07, 6.45) is 0. The number of carbonyl (C=O) groups is 1. The van der Waals surface area contributed by atoms with Crippen molar-refractivity contribution in [2.24, 2.45) is 0 Å². The van der Waals surface area contributed by atoms with Crippen LogP contribution in [0.25, 0.3) is 22.2 Å². The van der Waals surface area contributed by atoms with Crippen molar-refractivity contribution < 1.29 is 22.0 Å². The van der Waals surface area contributed by atoms with Gasteiger partial charge in [0.05, 0.1) is 16.2 Å². The maximum atomic E-state index is 13.1. The van der Waals surface area contributed by atoms with Crippen LogP contribution >= 0.6 is 11.3 Å². The first-order valence-electron chi connectivity index (χ1n) is 10.5. The summed E-state index contributed by atoms with van der Waals surface area (Å²) in [4.78, 5) is 29.3. The van der Waals surface area contributed by atoms with E-state index < -0.39 is 27.4 Å². The first-order chi connectivity index (χ1) is 17.3. The molecule has 0 aliphatic carbocycles. The third kappa shape index (κ3) is 4.88. The van der Waals surface area contributed by atoms with Gasteiger partial charge in [-0.25, -0.2) is 22.6 Å². The van der Waals surface area contributed by atoms with E-state index in [0.29, 0.717) is 11.3 Å². The Hall–Kier alpha value is -4.35. The number of hydrogen-bond donors (Lipinski definition) is 2. The monoisotopic (exact) mass is 521 g/mol. The summed E-state index contributed by atoms with van der Waals surface area (Å²) < 4.78 is 45.7. The standard InChI is InChI=1S/C25H16FN3O5S2/c26-17-7-11-19(12-8-17)36(32,33)29-18-9-5-15(6-10-18)23(30)28-25-27-21(14-35-25)20-13-16-3-1-2-4-22(16)34-24(20)31/h1-14,29H,(H,27,28,30). The van der Waals surface area contributed by atoms with Crippen molar-refractivity contribution in [1.29, 1.82) is 0 Å². The predicted octanol–water partition coefficient (Wildman–Crippen LogP) is 5.11.